The van der Waals surface area contributed by atoms with E-state index in [-0.39, 0.29) is 11.9 Å². The fourth-order valence-electron chi connectivity index (χ4n) is 3.53. The lowest BCUT2D eigenvalue weighted by molar-refractivity contribution is -0.123. The van der Waals surface area contributed by atoms with Gasteiger partial charge in [-0.05, 0) is 49.1 Å². The average Bonchev–Trinajstić information content (AvgIpc) is 3.28. The van der Waals surface area contributed by atoms with Crippen LogP contribution in [-0.2, 0) is 4.79 Å². The number of hydrogen-bond acceptors (Lipinski definition) is 2. The number of carbonyl (C=O) groups excluding carboxylic acids is 1. The smallest absolute Gasteiger partial charge is 0.236 e. The first-order valence-electron chi connectivity index (χ1n) is 7.29. The number of carbonyl (C=O) groups is 1. The predicted octanol–water partition coefficient (Wildman–Crippen LogP) is 1.90. The van der Waals surface area contributed by atoms with E-state index in [0.29, 0.717) is 5.92 Å². The highest BCUT2D eigenvalue weighted by molar-refractivity contribution is 5.81. The third-order valence-corrected chi connectivity index (χ3v) is 4.68. The molecule has 2 aliphatic rings. The van der Waals surface area contributed by atoms with E-state index in [1.165, 1.54) is 18.4 Å². The first-order valence-corrected chi connectivity index (χ1v) is 7.29. The summed E-state index contributed by atoms with van der Waals surface area (Å²) in [4.78, 5) is 11.7. The second kappa shape index (κ2) is 5.33. The second-order valence-corrected chi connectivity index (χ2v) is 5.82. The van der Waals surface area contributed by atoms with Crippen LogP contribution in [0.2, 0.25) is 0 Å². The highest BCUT2D eigenvalue weighted by Gasteiger charge is 2.45. The Morgan fingerprint density at radius 3 is 2.79 bits per heavy atom. The molecule has 4 atom stereocenters. The van der Waals surface area contributed by atoms with Gasteiger partial charge < -0.3 is 10.6 Å². The molecule has 1 amide bonds. The maximum atomic E-state index is 11.7. The Labute approximate surface area is 114 Å². The van der Waals surface area contributed by atoms with Crippen molar-refractivity contribution in [3.05, 3.63) is 35.9 Å². The molecule has 0 radical (unpaired) electrons. The standard InChI is InChI=1S/C16H22N2O/c1-17-16(19)15-9-12(7-8-18-15)14-10-13(14)11-5-3-2-4-6-11/h2-6,12-15,18H,7-10H2,1H3,(H,17,19). The van der Waals surface area contributed by atoms with Crippen molar-refractivity contribution in [2.24, 2.45) is 11.8 Å². The molecule has 19 heavy (non-hydrogen) atoms. The van der Waals surface area contributed by atoms with Gasteiger partial charge in [0.25, 0.3) is 0 Å². The molecule has 1 aromatic carbocycles. The fourth-order valence-corrected chi connectivity index (χ4v) is 3.53. The molecular formula is C16H22N2O. The van der Waals surface area contributed by atoms with E-state index in [0.717, 1.165) is 24.8 Å². The third-order valence-electron chi connectivity index (χ3n) is 4.68. The van der Waals surface area contributed by atoms with Crippen LogP contribution in [0.1, 0.15) is 30.7 Å². The Bertz CT molecular complexity index is 445. The molecule has 102 valence electrons. The highest BCUT2D eigenvalue weighted by Crippen LogP contribution is 2.54. The summed E-state index contributed by atoms with van der Waals surface area (Å²) in [6.07, 6.45) is 3.50. The number of nitrogens with one attached hydrogen (secondary N) is 2. The minimum absolute atomic E-state index is 0.0146. The van der Waals surface area contributed by atoms with Crippen LogP contribution in [0.15, 0.2) is 30.3 Å². The van der Waals surface area contributed by atoms with Crippen molar-refractivity contribution in [1.82, 2.24) is 10.6 Å². The molecule has 1 aliphatic carbocycles. The van der Waals surface area contributed by atoms with E-state index in [4.69, 9.17) is 0 Å². The molecule has 1 heterocycles. The highest BCUT2D eigenvalue weighted by atomic mass is 16.2. The SMILES string of the molecule is CNC(=O)C1CC(C2CC2c2ccccc2)CCN1. The third kappa shape index (κ3) is 2.66. The van der Waals surface area contributed by atoms with Crippen LogP contribution in [0.25, 0.3) is 0 Å². The van der Waals surface area contributed by atoms with Crippen LogP contribution in [0.4, 0.5) is 0 Å². The number of likely N-dealkylation sites (N-methyl/N-ethyl adjacent to an activating group) is 1. The van der Waals surface area contributed by atoms with Crippen molar-refractivity contribution in [3.63, 3.8) is 0 Å². The van der Waals surface area contributed by atoms with Gasteiger partial charge in [-0.3, -0.25) is 4.79 Å². The largest absolute Gasteiger partial charge is 0.358 e. The Balaban J connectivity index is 1.61. The van der Waals surface area contributed by atoms with Crippen molar-refractivity contribution in [2.45, 2.75) is 31.2 Å². The molecule has 2 N–H and O–H groups in total. The molecule has 1 aromatic rings. The molecular weight excluding hydrogens is 236 g/mol. The number of benzene rings is 1. The minimum Gasteiger partial charge on any atom is -0.358 e. The molecule has 3 heteroatoms. The lowest BCUT2D eigenvalue weighted by Crippen LogP contribution is -2.48. The van der Waals surface area contributed by atoms with Gasteiger partial charge in [0, 0.05) is 7.05 Å². The summed E-state index contributed by atoms with van der Waals surface area (Å²) in [5, 5.41) is 6.08. The molecule has 4 unspecified atom stereocenters. The minimum atomic E-state index is 0.0146. The molecule has 2 fully saturated rings. The van der Waals surface area contributed by atoms with Crippen molar-refractivity contribution in [3.8, 4) is 0 Å². The van der Waals surface area contributed by atoms with Gasteiger partial charge in [0.05, 0.1) is 6.04 Å². The Morgan fingerprint density at radius 1 is 1.26 bits per heavy atom. The van der Waals surface area contributed by atoms with Crippen LogP contribution in [0.3, 0.4) is 0 Å². The van der Waals surface area contributed by atoms with Gasteiger partial charge in [-0.2, -0.15) is 0 Å². The Hall–Kier alpha value is -1.35. The van der Waals surface area contributed by atoms with E-state index in [1.54, 1.807) is 7.05 Å². The summed E-state index contributed by atoms with van der Waals surface area (Å²) in [5.74, 6) is 2.36. The van der Waals surface area contributed by atoms with Crippen LogP contribution in [0, 0.1) is 11.8 Å². The number of rotatable bonds is 3. The van der Waals surface area contributed by atoms with Crippen LogP contribution in [0.5, 0.6) is 0 Å². The van der Waals surface area contributed by atoms with Crippen LogP contribution < -0.4 is 10.6 Å². The van der Waals surface area contributed by atoms with Crippen molar-refractivity contribution >= 4 is 5.91 Å². The lowest BCUT2D eigenvalue weighted by Gasteiger charge is -2.29. The summed E-state index contributed by atoms with van der Waals surface area (Å²) < 4.78 is 0. The summed E-state index contributed by atoms with van der Waals surface area (Å²) in [5.41, 5.74) is 1.47. The topological polar surface area (TPSA) is 41.1 Å². The first-order chi connectivity index (χ1) is 9.29. The summed E-state index contributed by atoms with van der Waals surface area (Å²) in [6.45, 7) is 0.973. The number of piperidine rings is 1. The van der Waals surface area contributed by atoms with Gasteiger partial charge in [0.15, 0.2) is 0 Å². The molecule has 3 rings (SSSR count). The van der Waals surface area contributed by atoms with Crippen LogP contribution in [-0.4, -0.2) is 25.5 Å². The van der Waals surface area contributed by atoms with E-state index < -0.39 is 0 Å². The Morgan fingerprint density at radius 2 is 2.05 bits per heavy atom. The lowest BCUT2D eigenvalue weighted by atomic mass is 9.86. The maximum absolute atomic E-state index is 11.7. The quantitative estimate of drug-likeness (QED) is 0.869. The summed E-state index contributed by atoms with van der Waals surface area (Å²) >= 11 is 0. The summed E-state index contributed by atoms with van der Waals surface area (Å²) in [6, 6.07) is 10.8. The van der Waals surface area contributed by atoms with Crippen molar-refractivity contribution in [2.75, 3.05) is 13.6 Å². The van der Waals surface area contributed by atoms with Gasteiger partial charge >= 0.3 is 0 Å². The zero-order valence-corrected chi connectivity index (χ0v) is 11.4. The molecule has 0 spiro atoms. The second-order valence-electron chi connectivity index (χ2n) is 5.82. The molecule has 3 nitrogen and oxygen atoms in total. The van der Waals surface area contributed by atoms with E-state index in [2.05, 4.69) is 41.0 Å². The normalized spacial score (nSPS) is 33.7. The first kappa shape index (κ1) is 12.7. The zero-order valence-electron chi connectivity index (χ0n) is 11.4. The van der Waals surface area contributed by atoms with Crippen molar-refractivity contribution in [1.29, 1.82) is 0 Å². The summed E-state index contributed by atoms with van der Waals surface area (Å²) in [7, 11) is 1.72. The van der Waals surface area contributed by atoms with Gasteiger partial charge in [-0.15, -0.1) is 0 Å². The molecule has 0 aromatic heterocycles. The van der Waals surface area contributed by atoms with E-state index in [1.807, 2.05) is 0 Å². The van der Waals surface area contributed by atoms with Gasteiger partial charge in [0.1, 0.15) is 0 Å². The van der Waals surface area contributed by atoms with E-state index in [9.17, 15) is 4.79 Å². The maximum Gasteiger partial charge on any atom is 0.236 e. The van der Waals surface area contributed by atoms with Crippen molar-refractivity contribution < 1.29 is 4.79 Å². The molecule has 1 saturated carbocycles. The molecule has 1 aliphatic heterocycles. The van der Waals surface area contributed by atoms with Crippen LogP contribution >= 0.6 is 0 Å². The van der Waals surface area contributed by atoms with Gasteiger partial charge in [0.2, 0.25) is 5.91 Å². The average molecular weight is 258 g/mol. The van der Waals surface area contributed by atoms with E-state index >= 15 is 0 Å². The van der Waals surface area contributed by atoms with Gasteiger partial charge in [-0.1, -0.05) is 30.3 Å². The molecule has 1 saturated heterocycles. The fraction of sp³-hybridized carbons (Fsp3) is 0.562. The predicted molar refractivity (Wildman–Crippen MR) is 75.9 cm³/mol. The monoisotopic (exact) mass is 258 g/mol. The van der Waals surface area contributed by atoms with Gasteiger partial charge in [-0.25, -0.2) is 0 Å². The Kier molecular flexibility index (Phi) is 3.56. The number of amides is 1. The molecule has 0 bridgehead atoms. The number of hydrogen-bond donors (Lipinski definition) is 2. The zero-order chi connectivity index (χ0) is 13.2.